The number of aryl methyl sites for hydroxylation is 2. The second-order valence-corrected chi connectivity index (χ2v) is 8.53. The summed E-state index contributed by atoms with van der Waals surface area (Å²) in [5.41, 5.74) is 5.07. The smallest absolute Gasteiger partial charge is 0.141 e. The van der Waals surface area contributed by atoms with Gasteiger partial charge in [0.05, 0.1) is 11.5 Å². The minimum atomic E-state index is -0.231. The molecular formula is C22H28N4OS. The van der Waals surface area contributed by atoms with Crippen LogP contribution >= 0.6 is 11.3 Å². The van der Waals surface area contributed by atoms with Gasteiger partial charge in [-0.15, -0.1) is 11.3 Å². The molecule has 0 aliphatic carbocycles. The van der Waals surface area contributed by atoms with E-state index >= 15 is 0 Å². The van der Waals surface area contributed by atoms with Crippen LogP contribution in [-0.4, -0.2) is 58.8 Å². The predicted molar refractivity (Wildman–Crippen MR) is 117 cm³/mol. The SMILES string of the molecule is CC[C@@H](O)CN1CCN(c2ncnc3scc(-c4ccc(C)c(C)c4)c23)CC1. The lowest BCUT2D eigenvalue weighted by Crippen LogP contribution is -2.48. The molecule has 0 radical (unpaired) electrons. The Morgan fingerprint density at radius 3 is 2.61 bits per heavy atom. The minimum absolute atomic E-state index is 0.231. The molecule has 1 saturated heterocycles. The van der Waals surface area contributed by atoms with E-state index in [1.807, 2.05) is 6.92 Å². The summed E-state index contributed by atoms with van der Waals surface area (Å²) in [6, 6.07) is 6.65. The molecule has 0 amide bonds. The Morgan fingerprint density at radius 1 is 1.11 bits per heavy atom. The van der Waals surface area contributed by atoms with E-state index in [4.69, 9.17) is 0 Å². The zero-order chi connectivity index (χ0) is 19.7. The Kier molecular flexibility index (Phi) is 5.62. The van der Waals surface area contributed by atoms with Crippen molar-refractivity contribution < 1.29 is 5.11 Å². The van der Waals surface area contributed by atoms with Gasteiger partial charge in [-0.3, -0.25) is 4.90 Å². The van der Waals surface area contributed by atoms with E-state index in [1.165, 1.54) is 22.3 Å². The van der Waals surface area contributed by atoms with Crippen LogP contribution in [-0.2, 0) is 0 Å². The van der Waals surface area contributed by atoms with E-state index in [1.54, 1.807) is 17.7 Å². The first kappa shape index (κ1) is 19.3. The van der Waals surface area contributed by atoms with Crippen molar-refractivity contribution >= 4 is 27.4 Å². The van der Waals surface area contributed by atoms with Crippen molar-refractivity contribution in [1.29, 1.82) is 0 Å². The van der Waals surface area contributed by atoms with E-state index in [2.05, 4.69) is 57.2 Å². The normalized spacial score (nSPS) is 16.6. The number of aromatic nitrogens is 2. The number of aliphatic hydroxyl groups excluding tert-OH is 1. The summed E-state index contributed by atoms with van der Waals surface area (Å²) >= 11 is 1.69. The van der Waals surface area contributed by atoms with Crippen LogP contribution in [0.25, 0.3) is 21.3 Å². The van der Waals surface area contributed by atoms with Crippen molar-refractivity contribution in [1.82, 2.24) is 14.9 Å². The minimum Gasteiger partial charge on any atom is -0.392 e. The molecule has 4 rings (SSSR count). The topological polar surface area (TPSA) is 52.5 Å². The van der Waals surface area contributed by atoms with Crippen molar-refractivity contribution in [3.8, 4) is 11.1 Å². The fourth-order valence-corrected chi connectivity index (χ4v) is 4.70. The molecule has 1 fully saturated rings. The van der Waals surface area contributed by atoms with Crippen LogP contribution in [0, 0.1) is 13.8 Å². The lowest BCUT2D eigenvalue weighted by Gasteiger charge is -2.36. The van der Waals surface area contributed by atoms with E-state index in [0.717, 1.165) is 55.2 Å². The number of hydrogen-bond donors (Lipinski definition) is 1. The monoisotopic (exact) mass is 396 g/mol. The van der Waals surface area contributed by atoms with Crippen molar-refractivity contribution in [2.24, 2.45) is 0 Å². The molecule has 3 aromatic rings. The fourth-order valence-electron chi connectivity index (χ4n) is 3.79. The zero-order valence-electron chi connectivity index (χ0n) is 16.9. The highest BCUT2D eigenvalue weighted by Gasteiger charge is 2.23. The first-order chi connectivity index (χ1) is 13.6. The molecule has 2 aromatic heterocycles. The van der Waals surface area contributed by atoms with Crippen LogP contribution in [0.5, 0.6) is 0 Å². The molecule has 3 heterocycles. The quantitative estimate of drug-likeness (QED) is 0.710. The summed E-state index contributed by atoms with van der Waals surface area (Å²) in [6.45, 7) is 10.8. The molecule has 5 nitrogen and oxygen atoms in total. The summed E-state index contributed by atoms with van der Waals surface area (Å²) in [7, 11) is 0. The number of nitrogens with zero attached hydrogens (tertiary/aromatic N) is 4. The highest BCUT2D eigenvalue weighted by molar-refractivity contribution is 7.17. The van der Waals surface area contributed by atoms with Gasteiger partial charge in [0.2, 0.25) is 0 Å². The molecule has 1 aliphatic rings. The number of benzene rings is 1. The average molecular weight is 397 g/mol. The van der Waals surface area contributed by atoms with Gasteiger partial charge >= 0.3 is 0 Å². The first-order valence-corrected chi connectivity index (χ1v) is 10.9. The molecule has 0 saturated carbocycles. The van der Waals surface area contributed by atoms with Gasteiger partial charge in [-0.25, -0.2) is 9.97 Å². The number of aliphatic hydroxyl groups is 1. The molecule has 0 unspecified atom stereocenters. The Morgan fingerprint density at radius 2 is 1.89 bits per heavy atom. The highest BCUT2D eigenvalue weighted by Crippen LogP contribution is 2.38. The van der Waals surface area contributed by atoms with Gasteiger partial charge in [-0.1, -0.05) is 25.1 Å². The Hall–Kier alpha value is -2.02. The predicted octanol–water partition coefficient (Wildman–Crippen LogP) is 3.87. The molecule has 1 atom stereocenters. The van der Waals surface area contributed by atoms with Crippen LogP contribution in [0.2, 0.25) is 0 Å². The van der Waals surface area contributed by atoms with E-state index in [9.17, 15) is 5.11 Å². The van der Waals surface area contributed by atoms with Crippen LogP contribution in [0.3, 0.4) is 0 Å². The number of thiophene rings is 1. The number of piperazine rings is 1. The number of β-amino-alcohol motifs (C(OH)–C–C–N with tert-alkyl or cyclic N) is 1. The molecule has 1 aromatic carbocycles. The van der Waals surface area contributed by atoms with Crippen LogP contribution in [0.15, 0.2) is 29.9 Å². The molecule has 0 spiro atoms. The lowest BCUT2D eigenvalue weighted by molar-refractivity contribution is 0.106. The van der Waals surface area contributed by atoms with Gasteiger partial charge < -0.3 is 10.0 Å². The third-order valence-electron chi connectivity index (χ3n) is 5.78. The standard InChI is InChI=1S/C22H28N4OS/c1-4-18(27)12-25-7-9-26(10-8-25)21-20-19(13-28-22(20)24-14-23-21)17-6-5-15(2)16(3)11-17/h5-6,11,13-14,18,27H,4,7-10,12H2,1-3H3/t18-/m1/s1. The van der Waals surface area contributed by atoms with Gasteiger partial charge in [-0.2, -0.15) is 0 Å². The van der Waals surface area contributed by atoms with Gasteiger partial charge in [0, 0.05) is 43.7 Å². The molecule has 1 aliphatic heterocycles. The largest absolute Gasteiger partial charge is 0.392 e. The first-order valence-electron chi connectivity index (χ1n) is 10.0. The third-order valence-corrected chi connectivity index (χ3v) is 6.67. The van der Waals surface area contributed by atoms with Gasteiger partial charge in [0.15, 0.2) is 0 Å². The number of hydrogen-bond acceptors (Lipinski definition) is 6. The highest BCUT2D eigenvalue weighted by atomic mass is 32.1. The summed E-state index contributed by atoms with van der Waals surface area (Å²) in [5, 5.41) is 13.3. The maximum absolute atomic E-state index is 9.94. The maximum atomic E-state index is 9.94. The maximum Gasteiger partial charge on any atom is 0.141 e. The molecule has 28 heavy (non-hydrogen) atoms. The lowest BCUT2D eigenvalue weighted by atomic mass is 10.0. The Balaban J connectivity index is 1.63. The van der Waals surface area contributed by atoms with Crippen molar-refractivity contribution in [3.05, 3.63) is 41.0 Å². The summed E-state index contributed by atoms with van der Waals surface area (Å²) in [5.74, 6) is 1.04. The fraction of sp³-hybridized carbons (Fsp3) is 0.455. The summed E-state index contributed by atoms with van der Waals surface area (Å²) < 4.78 is 0. The summed E-state index contributed by atoms with van der Waals surface area (Å²) in [4.78, 5) is 15.0. The van der Waals surface area contributed by atoms with E-state index in [0.29, 0.717) is 0 Å². The van der Waals surface area contributed by atoms with Crippen molar-refractivity contribution in [2.45, 2.75) is 33.3 Å². The number of fused-ring (bicyclic) bond motifs is 1. The van der Waals surface area contributed by atoms with Crippen molar-refractivity contribution in [3.63, 3.8) is 0 Å². The zero-order valence-corrected chi connectivity index (χ0v) is 17.7. The molecule has 6 heteroatoms. The second-order valence-electron chi connectivity index (χ2n) is 7.68. The molecule has 148 valence electrons. The van der Waals surface area contributed by atoms with Crippen LogP contribution < -0.4 is 4.90 Å². The Bertz CT molecular complexity index is 962. The van der Waals surface area contributed by atoms with E-state index < -0.39 is 0 Å². The van der Waals surface area contributed by atoms with Crippen molar-refractivity contribution in [2.75, 3.05) is 37.6 Å². The van der Waals surface area contributed by atoms with Gasteiger partial charge in [0.25, 0.3) is 0 Å². The third kappa shape index (κ3) is 3.77. The van der Waals surface area contributed by atoms with Crippen LogP contribution in [0.1, 0.15) is 24.5 Å². The Labute approximate surface area is 170 Å². The average Bonchev–Trinajstić information content (AvgIpc) is 3.15. The van der Waals surface area contributed by atoms with E-state index in [-0.39, 0.29) is 6.10 Å². The number of rotatable bonds is 5. The van der Waals surface area contributed by atoms with Crippen LogP contribution in [0.4, 0.5) is 5.82 Å². The van der Waals surface area contributed by atoms with Gasteiger partial charge in [-0.05, 0) is 37.0 Å². The van der Waals surface area contributed by atoms with Gasteiger partial charge in [0.1, 0.15) is 17.0 Å². The molecular weight excluding hydrogens is 368 g/mol. The second kappa shape index (κ2) is 8.15. The summed E-state index contributed by atoms with van der Waals surface area (Å²) in [6.07, 6.45) is 2.26. The molecule has 0 bridgehead atoms. The number of anilines is 1. The molecule has 1 N–H and O–H groups in total.